The molecular formula is C31H25N3O4. The molecule has 7 heteroatoms. The molecule has 38 heavy (non-hydrogen) atoms. The molecule has 6 aromatic rings. The highest BCUT2D eigenvalue weighted by molar-refractivity contribution is 6.03. The first-order valence-electron chi connectivity index (χ1n) is 12.4. The van der Waals surface area contributed by atoms with Crippen LogP contribution in [-0.2, 0) is 6.42 Å². The van der Waals surface area contributed by atoms with Crippen LogP contribution in [0.1, 0.15) is 22.5 Å². The second kappa shape index (κ2) is 9.78. The van der Waals surface area contributed by atoms with Crippen LogP contribution in [0.4, 0.5) is 0 Å². The largest absolute Gasteiger partial charge is 0.493 e. The molecule has 0 saturated carbocycles. The summed E-state index contributed by atoms with van der Waals surface area (Å²) < 4.78 is 6.09. The first-order valence-corrected chi connectivity index (χ1v) is 12.4. The number of hydrogen-bond acceptors (Lipinski definition) is 3. The molecule has 0 bridgehead atoms. The van der Waals surface area contributed by atoms with Crippen molar-refractivity contribution in [1.82, 2.24) is 15.2 Å². The Morgan fingerprint density at radius 1 is 0.816 bits per heavy atom. The average molecular weight is 504 g/mol. The van der Waals surface area contributed by atoms with Gasteiger partial charge in [-0.3, -0.25) is 15.0 Å². The second-order valence-electron chi connectivity index (χ2n) is 9.19. The Morgan fingerprint density at radius 2 is 1.55 bits per heavy atom. The SMILES string of the molecule is O=C(O)c1[nH]c2c(-c3ccc(-c4cc(=O)[nH][nH]4)cc3)cccc2c1CCCOc1cccc2ccccc12. The summed E-state index contributed by atoms with van der Waals surface area (Å²) in [4.78, 5) is 26.8. The van der Waals surface area contributed by atoms with E-state index >= 15 is 0 Å². The van der Waals surface area contributed by atoms with Crippen molar-refractivity contribution in [2.24, 2.45) is 0 Å². The molecule has 2 aromatic heterocycles. The predicted molar refractivity (Wildman–Crippen MR) is 149 cm³/mol. The first kappa shape index (κ1) is 23.4. The molecule has 4 N–H and O–H groups in total. The summed E-state index contributed by atoms with van der Waals surface area (Å²) in [5.41, 5.74) is 5.04. The van der Waals surface area contributed by atoms with Gasteiger partial charge in [0.25, 0.3) is 5.56 Å². The molecule has 0 amide bonds. The Kier molecular flexibility index (Phi) is 6.01. The normalized spacial score (nSPS) is 11.3. The summed E-state index contributed by atoms with van der Waals surface area (Å²) >= 11 is 0. The van der Waals surface area contributed by atoms with Crippen LogP contribution in [0.15, 0.2) is 95.8 Å². The van der Waals surface area contributed by atoms with Crippen LogP contribution in [0.5, 0.6) is 5.75 Å². The number of carboxylic acid groups (broad SMARTS) is 1. The van der Waals surface area contributed by atoms with Crippen molar-refractivity contribution in [3.63, 3.8) is 0 Å². The lowest BCUT2D eigenvalue weighted by Gasteiger charge is -2.09. The molecule has 0 fully saturated rings. The van der Waals surface area contributed by atoms with Crippen LogP contribution >= 0.6 is 0 Å². The summed E-state index contributed by atoms with van der Waals surface area (Å²) in [7, 11) is 0. The van der Waals surface area contributed by atoms with E-state index in [-0.39, 0.29) is 11.3 Å². The highest BCUT2D eigenvalue weighted by Gasteiger charge is 2.19. The number of aryl methyl sites for hydroxylation is 1. The average Bonchev–Trinajstić information content (AvgIpc) is 3.55. The smallest absolute Gasteiger partial charge is 0.352 e. The van der Waals surface area contributed by atoms with Gasteiger partial charge in [-0.05, 0) is 41.0 Å². The van der Waals surface area contributed by atoms with Crippen molar-refractivity contribution < 1.29 is 14.6 Å². The number of H-pyrrole nitrogens is 3. The van der Waals surface area contributed by atoms with Crippen LogP contribution in [0.25, 0.3) is 44.1 Å². The quantitative estimate of drug-likeness (QED) is 0.181. The Labute approximate surface area is 217 Å². The number of ether oxygens (including phenoxy) is 1. The van der Waals surface area contributed by atoms with Gasteiger partial charge in [-0.15, -0.1) is 0 Å². The minimum absolute atomic E-state index is 0.184. The van der Waals surface area contributed by atoms with Crippen molar-refractivity contribution in [2.75, 3.05) is 6.61 Å². The van der Waals surface area contributed by atoms with E-state index in [2.05, 4.69) is 27.3 Å². The van der Waals surface area contributed by atoms with Gasteiger partial charge in [-0.1, -0.05) is 78.9 Å². The van der Waals surface area contributed by atoms with Crippen LogP contribution in [0.2, 0.25) is 0 Å². The Bertz CT molecular complexity index is 1820. The number of aromatic amines is 3. The summed E-state index contributed by atoms with van der Waals surface area (Å²) in [5.74, 6) is -0.154. The van der Waals surface area contributed by atoms with Crippen LogP contribution in [0.3, 0.4) is 0 Å². The van der Waals surface area contributed by atoms with Gasteiger partial charge in [0.15, 0.2) is 0 Å². The molecule has 188 valence electrons. The number of carboxylic acids is 1. The topological polar surface area (TPSA) is 111 Å². The van der Waals surface area contributed by atoms with Crippen LogP contribution in [0, 0.1) is 0 Å². The number of nitrogens with one attached hydrogen (secondary N) is 3. The van der Waals surface area contributed by atoms with Crippen LogP contribution < -0.4 is 10.3 Å². The van der Waals surface area contributed by atoms with E-state index < -0.39 is 5.97 Å². The van der Waals surface area contributed by atoms with E-state index in [0.29, 0.717) is 25.1 Å². The Balaban J connectivity index is 1.26. The highest BCUT2D eigenvalue weighted by atomic mass is 16.5. The molecule has 0 unspecified atom stereocenters. The third-order valence-electron chi connectivity index (χ3n) is 6.84. The van der Waals surface area contributed by atoms with Crippen molar-refractivity contribution in [1.29, 1.82) is 0 Å². The lowest BCUT2D eigenvalue weighted by molar-refractivity contribution is 0.0690. The van der Waals surface area contributed by atoms with E-state index in [1.807, 2.05) is 72.8 Å². The number of benzene rings is 4. The summed E-state index contributed by atoms with van der Waals surface area (Å²) in [5, 5.41) is 18.4. The molecule has 0 radical (unpaired) electrons. The van der Waals surface area contributed by atoms with Gasteiger partial charge in [-0.25, -0.2) is 4.79 Å². The van der Waals surface area contributed by atoms with E-state index in [1.54, 1.807) is 0 Å². The van der Waals surface area contributed by atoms with E-state index in [9.17, 15) is 14.7 Å². The lowest BCUT2D eigenvalue weighted by atomic mass is 9.98. The number of hydrogen-bond donors (Lipinski definition) is 4. The predicted octanol–water partition coefficient (Wildman–Crippen LogP) is 6.38. The molecule has 0 spiro atoms. The number of carbonyl (C=O) groups is 1. The van der Waals surface area contributed by atoms with Crippen molar-refractivity contribution in [2.45, 2.75) is 12.8 Å². The van der Waals surface area contributed by atoms with Gasteiger partial charge >= 0.3 is 5.97 Å². The van der Waals surface area contributed by atoms with Gasteiger partial charge in [0.05, 0.1) is 17.8 Å². The van der Waals surface area contributed by atoms with Crippen molar-refractivity contribution in [3.05, 3.63) is 113 Å². The molecule has 7 nitrogen and oxygen atoms in total. The molecule has 6 rings (SSSR count). The maximum atomic E-state index is 12.1. The van der Waals surface area contributed by atoms with E-state index in [1.165, 1.54) is 6.07 Å². The van der Waals surface area contributed by atoms with Gasteiger partial charge in [0.1, 0.15) is 11.4 Å². The zero-order valence-electron chi connectivity index (χ0n) is 20.5. The van der Waals surface area contributed by atoms with Gasteiger partial charge in [0, 0.05) is 22.4 Å². The fourth-order valence-electron chi connectivity index (χ4n) is 5.03. The molecule has 0 aliphatic carbocycles. The number of fused-ring (bicyclic) bond motifs is 2. The van der Waals surface area contributed by atoms with Gasteiger partial charge in [-0.2, -0.15) is 0 Å². The highest BCUT2D eigenvalue weighted by Crippen LogP contribution is 2.33. The van der Waals surface area contributed by atoms with Gasteiger partial charge < -0.3 is 14.8 Å². The Hall–Kier alpha value is -5.04. The fourth-order valence-corrected chi connectivity index (χ4v) is 5.03. The summed E-state index contributed by atoms with van der Waals surface area (Å²) in [6, 6.07) is 29.3. The zero-order valence-corrected chi connectivity index (χ0v) is 20.5. The minimum atomic E-state index is -0.983. The third kappa shape index (κ3) is 4.35. The molecule has 0 aliphatic heterocycles. The molecule has 2 heterocycles. The molecule has 0 saturated heterocycles. The molecule has 4 aromatic carbocycles. The van der Waals surface area contributed by atoms with E-state index in [0.717, 1.165) is 49.7 Å². The van der Waals surface area contributed by atoms with Crippen molar-refractivity contribution in [3.8, 4) is 28.1 Å². The zero-order chi connectivity index (χ0) is 26.1. The monoisotopic (exact) mass is 503 g/mol. The van der Waals surface area contributed by atoms with Gasteiger partial charge in [0.2, 0.25) is 0 Å². The maximum Gasteiger partial charge on any atom is 0.352 e. The second-order valence-corrected chi connectivity index (χ2v) is 9.19. The van der Waals surface area contributed by atoms with E-state index in [4.69, 9.17) is 4.74 Å². The first-order chi connectivity index (χ1) is 18.6. The lowest BCUT2D eigenvalue weighted by Crippen LogP contribution is -2.04. The summed E-state index contributed by atoms with van der Waals surface area (Å²) in [6.45, 7) is 0.474. The maximum absolute atomic E-state index is 12.1. The number of para-hydroxylation sites is 1. The standard InChI is InChI=1S/C31H25N3O4/c35-28-18-26(33-34-28)21-15-13-20(14-16-21)23-9-4-10-24-25(30(31(36)37)32-29(23)24)11-5-17-38-27-12-3-7-19-6-1-2-8-22(19)27/h1-4,6-10,12-16,18,32H,5,11,17H2,(H,36,37)(H2,33,34,35). The fraction of sp³-hybridized carbons (Fsp3) is 0.0968. The Morgan fingerprint density at radius 3 is 2.34 bits per heavy atom. The minimum Gasteiger partial charge on any atom is -0.493 e. The molecular weight excluding hydrogens is 478 g/mol. The summed E-state index contributed by atoms with van der Waals surface area (Å²) in [6.07, 6.45) is 1.24. The number of aromatic carboxylic acids is 1. The van der Waals surface area contributed by atoms with Crippen LogP contribution in [-0.4, -0.2) is 32.9 Å². The molecule has 0 aliphatic rings. The molecule has 0 atom stereocenters. The van der Waals surface area contributed by atoms with Crippen molar-refractivity contribution >= 4 is 27.6 Å². The number of aromatic nitrogens is 3. The number of rotatable bonds is 8. The third-order valence-corrected chi connectivity index (χ3v) is 6.84.